The van der Waals surface area contributed by atoms with Crippen molar-refractivity contribution in [3.8, 4) is 11.5 Å². The van der Waals surface area contributed by atoms with Crippen LogP contribution < -0.4 is 14.8 Å². The zero-order chi connectivity index (χ0) is 24.6. The largest absolute Gasteiger partial charge is 0.493 e. The Hall–Kier alpha value is -2.95. The van der Waals surface area contributed by atoms with Crippen LogP contribution in [0.25, 0.3) is 0 Å². The van der Waals surface area contributed by atoms with Gasteiger partial charge in [-0.05, 0) is 55.4 Å². The molecule has 0 saturated carbocycles. The molecule has 8 nitrogen and oxygen atoms in total. The van der Waals surface area contributed by atoms with Crippen molar-refractivity contribution in [3.63, 3.8) is 0 Å². The predicted octanol–water partition coefficient (Wildman–Crippen LogP) is 3.79. The highest BCUT2D eigenvalue weighted by atomic mass is 32.2. The number of aryl methyl sites for hydroxylation is 2. The number of carbonyl (C=O) groups excluding carboxylic acids is 1. The molecule has 0 bridgehead atoms. The Balaban J connectivity index is 1.49. The number of methoxy groups -OCH3 is 2. The summed E-state index contributed by atoms with van der Waals surface area (Å²) in [6, 6.07) is 11.2. The van der Waals surface area contributed by atoms with Crippen LogP contribution in [0, 0.1) is 0 Å². The SMILES string of the molecule is COc1ccc(S(=O)(=O)N2Cc3ccccc3C[C@H]2C(=O)Nc2nc3c(s2)CCCC3)cc1OC. The molecular formula is C25H27N3O5S2. The summed E-state index contributed by atoms with van der Waals surface area (Å²) in [6.45, 7) is 0.0965. The fourth-order valence-electron chi connectivity index (χ4n) is 4.68. The van der Waals surface area contributed by atoms with Gasteiger partial charge in [0.1, 0.15) is 6.04 Å². The summed E-state index contributed by atoms with van der Waals surface area (Å²) >= 11 is 1.49. The molecule has 2 aliphatic rings. The fourth-order valence-corrected chi connectivity index (χ4v) is 7.32. The van der Waals surface area contributed by atoms with E-state index >= 15 is 0 Å². The van der Waals surface area contributed by atoms with Crippen LogP contribution in [-0.2, 0) is 40.6 Å². The van der Waals surface area contributed by atoms with Gasteiger partial charge in [0, 0.05) is 17.5 Å². The van der Waals surface area contributed by atoms with E-state index in [0.717, 1.165) is 42.5 Å². The summed E-state index contributed by atoms with van der Waals surface area (Å²) in [7, 11) is -1.09. The average Bonchev–Trinajstić information content (AvgIpc) is 3.29. The highest BCUT2D eigenvalue weighted by Gasteiger charge is 2.40. The minimum absolute atomic E-state index is 0.0389. The third-order valence-corrected chi connectivity index (χ3v) is 9.47. The molecule has 2 heterocycles. The Morgan fingerprint density at radius 2 is 1.80 bits per heavy atom. The van der Waals surface area contributed by atoms with Gasteiger partial charge in [-0.15, -0.1) is 11.3 Å². The van der Waals surface area contributed by atoms with E-state index < -0.39 is 16.1 Å². The quantitative estimate of drug-likeness (QED) is 0.539. The number of ether oxygens (including phenoxy) is 2. The van der Waals surface area contributed by atoms with E-state index in [1.54, 1.807) is 6.07 Å². The van der Waals surface area contributed by atoms with Gasteiger partial charge in [0.25, 0.3) is 0 Å². The van der Waals surface area contributed by atoms with Crippen LogP contribution in [0.2, 0.25) is 0 Å². The Kier molecular flexibility index (Phi) is 6.52. The molecule has 1 atom stereocenters. The Bertz CT molecular complexity index is 1350. The molecule has 5 rings (SSSR count). The summed E-state index contributed by atoms with van der Waals surface area (Å²) in [5.41, 5.74) is 2.88. The van der Waals surface area contributed by atoms with Crippen molar-refractivity contribution in [2.24, 2.45) is 0 Å². The molecule has 0 saturated heterocycles. The lowest BCUT2D eigenvalue weighted by molar-refractivity contribution is -0.120. The molecule has 184 valence electrons. The molecule has 35 heavy (non-hydrogen) atoms. The molecule has 1 aliphatic heterocycles. The lowest BCUT2D eigenvalue weighted by Crippen LogP contribution is -2.50. The second kappa shape index (κ2) is 9.60. The smallest absolute Gasteiger partial charge is 0.244 e. The second-order valence-electron chi connectivity index (χ2n) is 8.64. The molecule has 0 unspecified atom stereocenters. The molecule has 3 aromatic rings. The minimum Gasteiger partial charge on any atom is -0.493 e. The fraction of sp³-hybridized carbons (Fsp3) is 0.360. The van der Waals surface area contributed by atoms with Crippen LogP contribution in [0.15, 0.2) is 47.4 Å². The number of fused-ring (bicyclic) bond motifs is 2. The molecule has 10 heteroatoms. The molecule has 0 fully saturated rings. The average molecular weight is 514 g/mol. The molecule has 1 N–H and O–H groups in total. The Morgan fingerprint density at radius 3 is 2.54 bits per heavy atom. The lowest BCUT2D eigenvalue weighted by Gasteiger charge is -2.34. The molecule has 1 amide bonds. The third kappa shape index (κ3) is 4.53. The van der Waals surface area contributed by atoms with Gasteiger partial charge in [0.2, 0.25) is 15.9 Å². The van der Waals surface area contributed by atoms with Crippen molar-refractivity contribution in [2.45, 2.75) is 49.6 Å². The summed E-state index contributed by atoms with van der Waals surface area (Å²) in [4.78, 5) is 19.4. The first kappa shape index (κ1) is 23.8. The number of aromatic nitrogens is 1. The van der Waals surface area contributed by atoms with Crippen LogP contribution in [0.4, 0.5) is 5.13 Å². The summed E-state index contributed by atoms with van der Waals surface area (Å²) in [6.07, 6.45) is 4.39. The first-order chi connectivity index (χ1) is 16.9. The maximum Gasteiger partial charge on any atom is 0.244 e. The van der Waals surface area contributed by atoms with Crippen molar-refractivity contribution in [2.75, 3.05) is 19.5 Å². The second-order valence-corrected chi connectivity index (χ2v) is 11.6. The van der Waals surface area contributed by atoms with Gasteiger partial charge in [-0.2, -0.15) is 4.31 Å². The highest BCUT2D eigenvalue weighted by molar-refractivity contribution is 7.89. The van der Waals surface area contributed by atoms with Crippen molar-refractivity contribution < 1.29 is 22.7 Å². The number of hydrogen-bond donors (Lipinski definition) is 1. The Labute approximate surface area is 209 Å². The van der Waals surface area contributed by atoms with Gasteiger partial charge in [-0.25, -0.2) is 13.4 Å². The number of sulfonamides is 1. The maximum absolute atomic E-state index is 13.8. The van der Waals surface area contributed by atoms with E-state index in [9.17, 15) is 13.2 Å². The van der Waals surface area contributed by atoms with E-state index in [-0.39, 0.29) is 23.8 Å². The number of benzene rings is 2. The number of nitrogens with zero attached hydrogens (tertiary/aromatic N) is 2. The van der Waals surface area contributed by atoms with Crippen LogP contribution in [0.1, 0.15) is 34.5 Å². The van der Waals surface area contributed by atoms with E-state index in [1.165, 1.54) is 46.9 Å². The zero-order valence-electron chi connectivity index (χ0n) is 19.6. The number of nitrogens with one attached hydrogen (secondary N) is 1. The van der Waals surface area contributed by atoms with Crippen LogP contribution >= 0.6 is 11.3 Å². The number of carbonyl (C=O) groups is 1. The van der Waals surface area contributed by atoms with Gasteiger partial charge < -0.3 is 14.8 Å². The third-order valence-electron chi connectivity index (χ3n) is 6.55. The van der Waals surface area contributed by atoms with Gasteiger partial charge in [0.15, 0.2) is 16.6 Å². The molecule has 1 aromatic heterocycles. The van der Waals surface area contributed by atoms with Crippen LogP contribution in [0.5, 0.6) is 11.5 Å². The molecule has 0 spiro atoms. The topological polar surface area (TPSA) is 97.8 Å². The van der Waals surface area contributed by atoms with E-state index in [2.05, 4.69) is 10.3 Å². The molecule has 0 radical (unpaired) electrons. The van der Waals surface area contributed by atoms with E-state index in [4.69, 9.17) is 9.47 Å². The molecule has 1 aliphatic carbocycles. The predicted molar refractivity (Wildman–Crippen MR) is 134 cm³/mol. The highest BCUT2D eigenvalue weighted by Crippen LogP contribution is 2.35. The summed E-state index contributed by atoms with van der Waals surface area (Å²) in [5.74, 6) is 0.354. The van der Waals surface area contributed by atoms with Gasteiger partial charge in [-0.1, -0.05) is 24.3 Å². The van der Waals surface area contributed by atoms with Crippen molar-refractivity contribution in [1.82, 2.24) is 9.29 Å². The number of thiazole rings is 1. The van der Waals surface area contributed by atoms with Gasteiger partial charge in [0.05, 0.1) is 24.8 Å². The normalized spacial score (nSPS) is 17.8. The number of amides is 1. The lowest BCUT2D eigenvalue weighted by atomic mass is 9.95. The molecular weight excluding hydrogens is 486 g/mol. The number of hydrogen-bond acceptors (Lipinski definition) is 7. The van der Waals surface area contributed by atoms with Crippen LogP contribution in [0.3, 0.4) is 0 Å². The van der Waals surface area contributed by atoms with Crippen molar-refractivity contribution in [3.05, 3.63) is 64.2 Å². The number of rotatable bonds is 6. The standard InChI is InChI=1S/C25H27N3O5S2/c1-32-21-12-11-18(14-22(21)33-2)35(30,31)28-15-17-8-4-3-7-16(17)13-20(28)24(29)27-25-26-19-9-5-6-10-23(19)34-25/h3-4,7-8,11-12,14,20H,5-6,9-10,13,15H2,1-2H3,(H,26,27,29)/t20-/m0/s1. The zero-order valence-corrected chi connectivity index (χ0v) is 21.2. The van der Waals surface area contributed by atoms with Crippen molar-refractivity contribution in [1.29, 1.82) is 0 Å². The summed E-state index contributed by atoms with van der Waals surface area (Å²) < 4.78 is 39.5. The first-order valence-corrected chi connectivity index (χ1v) is 13.8. The summed E-state index contributed by atoms with van der Waals surface area (Å²) in [5, 5.41) is 3.44. The maximum atomic E-state index is 13.8. The minimum atomic E-state index is -4.03. The Morgan fingerprint density at radius 1 is 1.06 bits per heavy atom. The van der Waals surface area contributed by atoms with E-state index in [1.807, 2.05) is 24.3 Å². The number of anilines is 1. The van der Waals surface area contributed by atoms with Gasteiger partial charge >= 0.3 is 0 Å². The van der Waals surface area contributed by atoms with Crippen molar-refractivity contribution >= 4 is 32.4 Å². The first-order valence-electron chi connectivity index (χ1n) is 11.5. The monoisotopic (exact) mass is 513 g/mol. The molecule has 2 aromatic carbocycles. The van der Waals surface area contributed by atoms with Gasteiger partial charge in [-0.3, -0.25) is 4.79 Å². The van der Waals surface area contributed by atoms with E-state index in [0.29, 0.717) is 16.6 Å². The van der Waals surface area contributed by atoms with Crippen LogP contribution in [-0.4, -0.2) is 43.9 Å².